The Morgan fingerprint density at radius 2 is 2.05 bits per heavy atom. The first-order valence-corrected chi connectivity index (χ1v) is 7.54. The summed E-state index contributed by atoms with van der Waals surface area (Å²) in [4.78, 5) is 12.4. The number of para-hydroxylation sites is 1. The van der Waals surface area contributed by atoms with Crippen molar-refractivity contribution in [3.63, 3.8) is 0 Å². The molecule has 1 amide bonds. The summed E-state index contributed by atoms with van der Waals surface area (Å²) in [5.41, 5.74) is 2.36. The van der Waals surface area contributed by atoms with Crippen LogP contribution in [-0.4, -0.2) is 14.7 Å². The SMILES string of the molecule is O=C(Nc1c(Cl)ccc2nsnc12)c1cc2ccccc2o1. The van der Waals surface area contributed by atoms with Crippen LogP contribution in [-0.2, 0) is 0 Å². The van der Waals surface area contributed by atoms with Crippen molar-refractivity contribution in [1.29, 1.82) is 0 Å². The number of nitrogens with one attached hydrogen (secondary N) is 1. The number of carbonyl (C=O) groups is 1. The number of carbonyl (C=O) groups excluding carboxylic acids is 1. The van der Waals surface area contributed by atoms with Gasteiger partial charge in [0.1, 0.15) is 16.6 Å². The second-order valence-corrected chi connectivity index (χ2v) is 5.59. The van der Waals surface area contributed by atoms with Gasteiger partial charge >= 0.3 is 0 Å². The fraction of sp³-hybridized carbons (Fsp3) is 0. The molecule has 0 aliphatic carbocycles. The molecule has 0 saturated heterocycles. The Morgan fingerprint density at radius 1 is 1.18 bits per heavy atom. The van der Waals surface area contributed by atoms with Gasteiger partial charge in [0.2, 0.25) is 0 Å². The Bertz CT molecular complexity index is 975. The van der Waals surface area contributed by atoms with Gasteiger partial charge in [-0.1, -0.05) is 29.8 Å². The van der Waals surface area contributed by atoms with Gasteiger partial charge < -0.3 is 9.73 Å². The predicted octanol–water partition coefficient (Wildman–Crippen LogP) is 4.34. The van der Waals surface area contributed by atoms with Gasteiger partial charge in [0.25, 0.3) is 5.91 Å². The Kier molecular flexibility index (Phi) is 3.06. The molecule has 5 nitrogen and oxygen atoms in total. The first-order valence-electron chi connectivity index (χ1n) is 6.43. The molecular formula is C15H8ClN3O2S. The van der Waals surface area contributed by atoms with Crippen LogP contribution in [0.5, 0.6) is 0 Å². The molecule has 0 aliphatic rings. The zero-order valence-corrected chi connectivity index (χ0v) is 12.6. The molecule has 108 valence electrons. The number of aromatic nitrogens is 2. The van der Waals surface area contributed by atoms with E-state index in [0.29, 0.717) is 27.3 Å². The number of anilines is 1. The molecule has 4 aromatic rings. The average Bonchev–Trinajstić information content (AvgIpc) is 3.16. The third-order valence-corrected chi connectivity index (χ3v) is 4.12. The molecule has 0 spiro atoms. The number of furan rings is 1. The zero-order valence-electron chi connectivity index (χ0n) is 11.0. The van der Waals surface area contributed by atoms with Crippen LogP contribution in [0.25, 0.3) is 22.0 Å². The number of rotatable bonds is 2. The topological polar surface area (TPSA) is 68.0 Å². The van der Waals surface area contributed by atoms with Crippen molar-refractivity contribution >= 4 is 56.9 Å². The molecule has 2 heterocycles. The van der Waals surface area contributed by atoms with Gasteiger partial charge in [0, 0.05) is 5.39 Å². The standard InChI is InChI=1S/C15H8ClN3O2S/c16-9-5-6-10-14(19-22-18-10)13(9)17-15(20)12-7-8-3-1-2-4-11(8)21-12/h1-7H,(H,17,20). The molecule has 0 radical (unpaired) electrons. The fourth-order valence-electron chi connectivity index (χ4n) is 2.21. The highest BCUT2D eigenvalue weighted by molar-refractivity contribution is 7.00. The van der Waals surface area contributed by atoms with Crippen LogP contribution in [0.1, 0.15) is 10.6 Å². The molecule has 22 heavy (non-hydrogen) atoms. The van der Waals surface area contributed by atoms with E-state index in [2.05, 4.69) is 14.1 Å². The summed E-state index contributed by atoms with van der Waals surface area (Å²) >= 11 is 7.23. The molecular weight excluding hydrogens is 322 g/mol. The largest absolute Gasteiger partial charge is 0.451 e. The molecule has 0 saturated carbocycles. The molecule has 1 N–H and O–H groups in total. The van der Waals surface area contributed by atoms with Crippen LogP contribution in [0, 0.1) is 0 Å². The Hall–Kier alpha value is -2.44. The minimum atomic E-state index is -0.376. The second-order valence-electron chi connectivity index (χ2n) is 4.66. The lowest BCUT2D eigenvalue weighted by molar-refractivity contribution is 0.0999. The minimum Gasteiger partial charge on any atom is -0.451 e. The summed E-state index contributed by atoms with van der Waals surface area (Å²) in [5.74, 6) is -0.156. The van der Waals surface area contributed by atoms with Gasteiger partial charge in [-0.3, -0.25) is 4.79 Å². The van der Waals surface area contributed by atoms with E-state index >= 15 is 0 Å². The summed E-state index contributed by atoms with van der Waals surface area (Å²) in [6.45, 7) is 0. The maximum atomic E-state index is 12.4. The normalized spacial score (nSPS) is 11.1. The average molecular weight is 330 g/mol. The van der Waals surface area contributed by atoms with E-state index in [0.717, 1.165) is 17.1 Å². The first kappa shape index (κ1) is 13.2. The highest BCUT2D eigenvalue weighted by atomic mass is 35.5. The zero-order chi connectivity index (χ0) is 15.1. The van der Waals surface area contributed by atoms with Gasteiger partial charge in [-0.25, -0.2) is 0 Å². The van der Waals surface area contributed by atoms with Crippen LogP contribution < -0.4 is 5.32 Å². The highest BCUT2D eigenvalue weighted by Gasteiger charge is 2.17. The Morgan fingerprint density at radius 3 is 2.91 bits per heavy atom. The van der Waals surface area contributed by atoms with Crippen molar-refractivity contribution in [2.45, 2.75) is 0 Å². The van der Waals surface area contributed by atoms with Crippen molar-refractivity contribution in [2.75, 3.05) is 5.32 Å². The van der Waals surface area contributed by atoms with E-state index in [4.69, 9.17) is 16.0 Å². The summed E-state index contributed by atoms with van der Waals surface area (Å²) in [6.07, 6.45) is 0. The fourth-order valence-corrected chi connectivity index (χ4v) is 2.96. The van der Waals surface area contributed by atoms with E-state index in [9.17, 15) is 4.79 Å². The number of hydrogen-bond acceptors (Lipinski definition) is 5. The molecule has 2 aromatic heterocycles. The van der Waals surface area contributed by atoms with E-state index in [-0.39, 0.29) is 11.7 Å². The van der Waals surface area contributed by atoms with Crippen LogP contribution in [0.4, 0.5) is 5.69 Å². The van der Waals surface area contributed by atoms with Crippen LogP contribution in [0.15, 0.2) is 46.9 Å². The quantitative estimate of drug-likeness (QED) is 0.594. The monoisotopic (exact) mass is 329 g/mol. The molecule has 0 unspecified atom stereocenters. The first-order chi connectivity index (χ1) is 10.7. The minimum absolute atomic E-state index is 0.220. The molecule has 0 atom stereocenters. The van der Waals surface area contributed by atoms with Crippen molar-refractivity contribution in [3.05, 3.63) is 53.2 Å². The predicted molar refractivity (Wildman–Crippen MR) is 86.6 cm³/mol. The third-order valence-electron chi connectivity index (χ3n) is 3.26. The van der Waals surface area contributed by atoms with Crippen molar-refractivity contribution < 1.29 is 9.21 Å². The molecule has 0 fully saturated rings. The Balaban J connectivity index is 1.74. The second kappa shape index (κ2) is 5.08. The molecule has 4 rings (SSSR count). The van der Waals surface area contributed by atoms with Crippen molar-refractivity contribution in [3.8, 4) is 0 Å². The number of nitrogens with zero attached hydrogens (tertiary/aromatic N) is 2. The van der Waals surface area contributed by atoms with Gasteiger partial charge in [0.15, 0.2) is 5.76 Å². The number of amides is 1. The van der Waals surface area contributed by atoms with Crippen molar-refractivity contribution in [1.82, 2.24) is 8.75 Å². The van der Waals surface area contributed by atoms with E-state index in [1.165, 1.54) is 0 Å². The summed E-state index contributed by atoms with van der Waals surface area (Å²) in [7, 11) is 0. The lowest BCUT2D eigenvalue weighted by atomic mass is 10.2. The molecule has 0 aliphatic heterocycles. The third kappa shape index (κ3) is 2.13. The van der Waals surface area contributed by atoms with Crippen LogP contribution >= 0.6 is 23.3 Å². The van der Waals surface area contributed by atoms with Gasteiger partial charge in [-0.2, -0.15) is 8.75 Å². The van der Waals surface area contributed by atoms with Gasteiger partial charge in [0.05, 0.1) is 22.4 Å². The van der Waals surface area contributed by atoms with E-state index in [1.807, 2.05) is 24.3 Å². The molecule has 7 heteroatoms. The summed E-state index contributed by atoms with van der Waals surface area (Å²) in [5, 5.41) is 4.03. The lowest BCUT2D eigenvalue weighted by Gasteiger charge is -2.05. The van der Waals surface area contributed by atoms with Gasteiger partial charge in [-0.15, -0.1) is 0 Å². The maximum Gasteiger partial charge on any atom is 0.291 e. The van der Waals surface area contributed by atoms with Crippen LogP contribution in [0.2, 0.25) is 5.02 Å². The molecule has 2 aromatic carbocycles. The van der Waals surface area contributed by atoms with E-state index in [1.54, 1.807) is 18.2 Å². The summed E-state index contributed by atoms with van der Waals surface area (Å²) in [6, 6.07) is 12.6. The lowest BCUT2D eigenvalue weighted by Crippen LogP contribution is -2.11. The maximum absolute atomic E-state index is 12.4. The van der Waals surface area contributed by atoms with Gasteiger partial charge in [-0.05, 0) is 24.3 Å². The number of benzene rings is 2. The molecule has 0 bridgehead atoms. The Labute approximate surface area is 133 Å². The van der Waals surface area contributed by atoms with Crippen LogP contribution in [0.3, 0.4) is 0 Å². The number of hydrogen-bond donors (Lipinski definition) is 1. The number of fused-ring (bicyclic) bond motifs is 2. The smallest absolute Gasteiger partial charge is 0.291 e. The number of halogens is 1. The van der Waals surface area contributed by atoms with E-state index < -0.39 is 0 Å². The highest BCUT2D eigenvalue weighted by Crippen LogP contribution is 2.30. The summed E-state index contributed by atoms with van der Waals surface area (Å²) < 4.78 is 13.8. The van der Waals surface area contributed by atoms with Crippen molar-refractivity contribution in [2.24, 2.45) is 0 Å².